The van der Waals surface area contributed by atoms with Crippen molar-refractivity contribution < 1.29 is 31.3 Å². The van der Waals surface area contributed by atoms with E-state index in [2.05, 4.69) is 15.0 Å². The predicted molar refractivity (Wildman–Crippen MR) is 82.2 cm³/mol. The van der Waals surface area contributed by atoms with E-state index in [1.54, 1.807) is 0 Å². The molecule has 0 radical (unpaired) electrons. The lowest BCUT2D eigenvalue weighted by atomic mass is 10.2. The van der Waals surface area contributed by atoms with Gasteiger partial charge in [0.2, 0.25) is 0 Å². The summed E-state index contributed by atoms with van der Waals surface area (Å²) in [7, 11) is -2.99. The van der Waals surface area contributed by atoms with Crippen molar-refractivity contribution in [1.29, 1.82) is 0 Å². The zero-order valence-corrected chi connectivity index (χ0v) is 13.2. The molecule has 0 N–H and O–H groups in total. The number of halogens is 4. The van der Waals surface area contributed by atoms with Crippen molar-refractivity contribution in [3.8, 4) is 18.0 Å². The molecule has 1 aromatic carbocycles. The van der Waals surface area contributed by atoms with Crippen LogP contribution in [0.3, 0.4) is 0 Å². The van der Waals surface area contributed by atoms with Crippen molar-refractivity contribution in [2.75, 3.05) is 14.2 Å². The summed E-state index contributed by atoms with van der Waals surface area (Å²) >= 11 is 0. The van der Waals surface area contributed by atoms with Gasteiger partial charge in [0, 0.05) is 5.39 Å². The van der Waals surface area contributed by atoms with Crippen LogP contribution in [0.25, 0.3) is 16.9 Å². The molecule has 2 heterocycles. The van der Waals surface area contributed by atoms with Crippen LogP contribution in [-0.4, -0.2) is 36.4 Å². The highest BCUT2D eigenvalue weighted by Gasteiger charge is 2.21. The zero-order chi connectivity index (χ0) is 18.4. The number of fused-ring (bicyclic) bond motifs is 1. The number of benzene rings is 1. The van der Waals surface area contributed by atoms with E-state index in [-0.39, 0.29) is 12.0 Å². The fourth-order valence-electron chi connectivity index (χ4n) is 1.95. The van der Waals surface area contributed by atoms with E-state index in [9.17, 15) is 17.3 Å². The first kappa shape index (κ1) is 18.4. The van der Waals surface area contributed by atoms with E-state index in [0.29, 0.717) is 5.95 Å². The van der Waals surface area contributed by atoms with Gasteiger partial charge in [-0.05, 0) is 28.2 Å². The van der Waals surface area contributed by atoms with Gasteiger partial charge in [-0.25, -0.2) is 0 Å². The summed E-state index contributed by atoms with van der Waals surface area (Å²) in [5.74, 6) is 0.450. The summed E-state index contributed by atoms with van der Waals surface area (Å²) in [4.78, 5) is 12.5. The molecule has 0 amide bonds. The van der Waals surface area contributed by atoms with Crippen LogP contribution in [0.1, 0.15) is 0 Å². The van der Waals surface area contributed by atoms with E-state index in [0.717, 1.165) is 10.9 Å². The lowest BCUT2D eigenvalue weighted by Gasteiger charge is -2.03. The number of hydrogen-bond donors (Lipinski definition) is 0. The van der Waals surface area contributed by atoms with E-state index in [4.69, 9.17) is 9.47 Å². The monoisotopic (exact) mass is 356 g/mol. The Morgan fingerprint density at radius 2 is 1.36 bits per heavy atom. The van der Waals surface area contributed by atoms with Gasteiger partial charge in [-0.3, -0.25) is 0 Å². The number of para-hydroxylation sites is 1. The summed E-state index contributed by atoms with van der Waals surface area (Å²) in [6.07, 6.45) is 1.89. The van der Waals surface area contributed by atoms with Gasteiger partial charge >= 0.3 is 25.2 Å². The van der Waals surface area contributed by atoms with Crippen molar-refractivity contribution in [1.82, 2.24) is 15.0 Å². The first-order valence-electron chi connectivity index (χ1n) is 6.93. The molecule has 11 heteroatoms. The summed E-state index contributed by atoms with van der Waals surface area (Å²) in [6, 6.07) is 12.4. The van der Waals surface area contributed by atoms with Crippen molar-refractivity contribution in [2.45, 2.75) is 0 Å². The van der Waals surface area contributed by atoms with Crippen LogP contribution >= 0.6 is 0 Å². The molecule has 3 rings (SSSR count). The molecule has 0 saturated heterocycles. The zero-order valence-electron chi connectivity index (χ0n) is 13.2. The van der Waals surface area contributed by atoms with Crippen LogP contribution < -0.4 is 14.0 Å². The second-order valence-electron chi connectivity index (χ2n) is 4.54. The quantitative estimate of drug-likeness (QED) is 0.410. The van der Waals surface area contributed by atoms with Crippen LogP contribution in [0.15, 0.2) is 42.6 Å². The molecule has 132 valence electrons. The summed E-state index contributed by atoms with van der Waals surface area (Å²) in [6.45, 7) is 0. The summed E-state index contributed by atoms with van der Waals surface area (Å²) in [5, 5.41) is 1.09. The number of rotatable bonds is 3. The number of aromatic nitrogens is 4. The number of pyridine rings is 1. The van der Waals surface area contributed by atoms with E-state index >= 15 is 0 Å². The van der Waals surface area contributed by atoms with E-state index < -0.39 is 7.25 Å². The van der Waals surface area contributed by atoms with Crippen LogP contribution in [0.2, 0.25) is 0 Å². The van der Waals surface area contributed by atoms with Crippen molar-refractivity contribution >= 4 is 18.2 Å². The van der Waals surface area contributed by atoms with E-state index in [1.165, 1.54) is 14.2 Å². The lowest BCUT2D eigenvalue weighted by Crippen LogP contribution is -2.34. The molecular weight excluding hydrogens is 343 g/mol. The molecule has 0 bridgehead atoms. The SMILES string of the molecule is COc1nc(OC)nc(-[n+]2cccc3ccccc32)n1.F[B-](F)(F)F. The van der Waals surface area contributed by atoms with Gasteiger partial charge in [0.05, 0.1) is 20.4 Å². The van der Waals surface area contributed by atoms with Gasteiger partial charge in [0.15, 0.2) is 0 Å². The number of hydrogen-bond acceptors (Lipinski definition) is 5. The summed E-state index contributed by atoms with van der Waals surface area (Å²) in [5.41, 5.74) is 0.991. The maximum Gasteiger partial charge on any atom is 0.673 e. The van der Waals surface area contributed by atoms with Crippen LogP contribution in [0.5, 0.6) is 12.0 Å². The minimum Gasteiger partial charge on any atom is -0.454 e. The Balaban J connectivity index is 0.000000399. The standard InChI is InChI=1S/C14H13N4O2.BF4/c1-19-13-15-12(16-14(17-13)20-2)18-9-5-7-10-6-3-4-8-11(10)18;2-1(3,4)5/h3-9H,1-2H3;/q+1;-1. The Kier molecular flexibility index (Phi) is 5.68. The number of nitrogens with zero attached hydrogens (tertiary/aromatic N) is 4. The molecule has 0 aliphatic carbocycles. The molecule has 25 heavy (non-hydrogen) atoms. The third kappa shape index (κ3) is 5.26. The third-order valence-electron chi connectivity index (χ3n) is 2.87. The van der Waals surface area contributed by atoms with Crippen molar-refractivity contribution in [3.05, 3.63) is 42.6 Å². The lowest BCUT2D eigenvalue weighted by molar-refractivity contribution is -0.575. The highest BCUT2D eigenvalue weighted by molar-refractivity contribution is 6.50. The molecule has 6 nitrogen and oxygen atoms in total. The number of methoxy groups -OCH3 is 2. The van der Waals surface area contributed by atoms with Crippen LogP contribution in [0.4, 0.5) is 17.3 Å². The average Bonchev–Trinajstić information content (AvgIpc) is 2.59. The normalized spacial score (nSPS) is 10.8. The highest BCUT2D eigenvalue weighted by Crippen LogP contribution is 2.12. The average molecular weight is 356 g/mol. The molecule has 0 spiro atoms. The van der Waals surface area contributed by atoms with Gasteiger partial charge in [0.1, 0.15) is 5.52 Å². The van der Waals surface area contributed by atoms with Gasteiger partial charge in [-0.1, -0.05) is 18.2 Å². The largest absolute Gasteiger partial charge is 0.673 e. The van der Waals surface area contributed by atoms with Crippen molar-refractivity contribution in [2.24, 2.45) is 0 Å². The van der Waals surface area contributed by atoms with Crippen LogP contribution in [0, 0.1) is 0 Å². The Morgan fingerprint density at radius 3 is 1.92 bits per heavy atom. The second kappa shape index (κ2) is 7.73. The maximum absolute atomic E-state index is 9.75. The molecule has 0 fully saturated rings. The van der Waals surface area contributed by atoms with Gasteiger partial charge in [0.25, 0.3) is 0 Å². The second-order valence-corrected chi connectivity index (χ2v) is 4.54. The molecule has 2 aromatic heterocycles. The molecule has 3 aromatic rings. The minimum absolute atomic E-state index is 0.215. The highest BCUT2D eigenvalue weighted by atomic mass is 19.5. The Morgan fingerprint density at radius 1 is 0.840 bits per heavy atom. The Hall–Kier alpha value is -2.98. The van der Waals surface area contributed by atoms with Crippen molar-refractivity contribution in [3.63, 3.8) is 0 Å². The number of ether oxygens (including phenoxy) is 2. The minimum atomic E-state index is -6.00. The van der Waals surface area contributed by atoms with Gasteiger partial charge in [-0.15, -0.1) is 4.98 Å². The maximum atomic E-state index is 9.75. The topological polar surface area (TPSA) is 61.0 Å². The Labute approximate surface area is 140 Å². The molecule has 0 atom stereocenters. The first-order chi connectivity index (χ1) is 11.8. The Bertz CT molecular complexity index is 830. The van der Waals surface area contributed by atoms with Gasteiger partial charge in [-0.2, -0.15) is 4.57 Å². The predicted octanol–water partition coefficient (Wildman–Crippen LogP) is 2.62. The molecule has 0 aliphatic heterocycles. The molecule has 0 unspecified atom stereocenters. The summed E-state index contributed by atoms with van der Waals surface area (Å²) < 4.78 is 51.0. The fraction of sp³-hybridized carbons (Fsp3) is 0.143. The fourth-order valence-corrected chi connectivity index (χ4v) is 1.95. The smallest absolute Gasteiger partial charge is 0.454 e. The molecular formula is C14H13BF4N4O2. The molecule has 0 saturated carbocycles. The van der Waals surface area contributed by atoms with E-state index in [1.807, 2.05) is 47.2 Å². The van der Waals surface area contributed by atoms with Crippen LogP contribution in [-0.2, 0) is 0 Å². The molecule has 0 aliphatic rings. The van der Waals surface area contributed by atoms with Gasteiger partial charge < -0.3 is 26.7 Å². The third-order valence-corrected chi connectivity index (χ3v) is 2.87. The first-order valence-corrected chi connectivity index (χ1v) is 6.93.